The Balaban J connectivity index is 1.79. The molecular weight excluding hydrogens is 556 g/mol. The number of allylic oxidation sites excluding steroid dienone is 1. The van der Waals surface area contributed by atoms with Crippen molar-refractivity contribution >= 4 is 35.1 Å². The molecule has 0 radical (unpaired) electrons. The van der Waals surface area contributed by atoms with Gasteiger partial charge in [0, 0.05) is 17.3 Å². The quantitative estimate of drug-likeness (QED) is 0.180. The van der Waals surface area contributed by atoms with E-state index in [-0.39, 0.29) is 43.4 Å². The first kappa shape index (κ1) is 32.2. The van der Waals surface area contributed by atoms with Crippen LogP contribution in [0, 0.1) is 23.7 Å². The van der Waals surface area contributed by atoms with Crippen molar-refractivity contribution in [3.05, 3.63) is 54.6 Å². The number of carbonyl (C=O) groups is 3. The number of rotatable bonds is 14. The fourth-order valence-corrected chi connectivity index (χ4v) is 7.53. The Morgan fingerprint density at radius 2 is 1.93 bits per heavy atom. The summed E-state index contributed by atoms with van der Waals surface area (Å²) < 4.78 is 12.6. The molecule has 3 aliphatic rings. The zero-order valence-electron chi connectivity index (χ0n) is 25.3. The predicted octanol–water partition coefficient (Wildman–Crippen LogP) is 5.18. The van der Waals surface area contributed by atoms with Crippen LogP contribution in [0.4, 0.5) is 5.69 Å². The first-order valence-electron chi connectivity index (χ1n) is 15.0. The average molecular weight is 601 g/mol. The molecule has 3 aliphatic heterocycles. The minimum absolute atomic E-state index is 0.115. The highest BCUT2D eigenvalue weighted by Gasteiger charge is 2.80. The number of carbonyl (C=O) groups excluding carboxylic acids is 3. The van der Waals surface area contributed by atoms with Crippen molar-refractivity contribution in [2.24, 2.45) is 23.7 Å². The number of halogens is 1. The fraction of sp³-hybridized carbons (Fsp3) is 0.606. The maximum atomic E-state index is 14.7. The molecule has 42 heavy (non-hydrogen) atoms. The van der Waals surface area contributed by atoms with E-state index in [9.17, 15) is 19.5 Å². The van der Waals surface area contributed by atoms with Gasteiger partial charge in [-0.2, -0.15) is 0 Å². The molecule has 1 aromatic carbocycles. The van der Waals surface area contributed by atoms with Gasteiger partial charge in [0.05, 0.1) is 30.8 Å². The van der Waals surface area contributed by atoms with E-state index in [1.807, 2.05) is 33.8 Å². The lowest BCUT2D eigenvalue weighted by atomic mass is 9.62. The third kappa shape index (κ3) is 5.53. The smallest absolute Gasteiger partial charge is 0.312 e. The van der Waals surface area contributed by atoms with Crippen molar-refractivity contribution in [3.63, 3.8) is 0 Å². The zero-order valence-corrected chi connectivity index (χ0v) is 26.0. The maximum Gasteiger partial charge on any atom is 0.312 e. The Hall–Kier alpha value is -2.68. The Morgan fingerprint density at radius 3 is 2.52 bits per heavy atom. The molecule has 0 saturated carbocycles. The molecule has 3 heterocycles. The monoisotopic (exact) mass is 600 g/mol. The van der Waals surface area contributed by atoms with Crippen molar-refractivity contribution in [2.75, 3.05) is 24.7 Å². The van der Waals surface area contributed by atoms with Crippen LogP contribution in [-0.2, 0) is 23.9 Å². The van der Waals surface area contributed by atoms with E-state index in [1.54, 1.807) is 35.2 Å². The second-order valence-electron chi connectivity index (χ2n) is 12.6. The van der Waals surface area contributed by atoms with Crippen LogP contribution < -0.4 is 4.90 Å². The minimum Gasteiger partial charge on any atom is -0.465 e. The molecule has 2 amide bonds. The standard InChI is InChI=1S/C33H45ClN2O6/c1-7-9-10-11-17-41-31(40)27-26-29(38)36(25(20-37)18-21(3)4)28(33(26)19-22(5)32(27,6)42-33)30(39)35(16-8-2)24-14-12-23(34)13-15-24/h7-8,12-15,21-22,25-28,37H,1-2,9-11,16-20H2,3-6H3/t22?,25-,26+,27+,28?,32-,33?/m1/s1. The summed E-state index contributed by atoms with van der Waals surface area (Å²) in [5.74, 6) is -2.89. The van der Waals surface area contributed by atoms with E-state index in [1.165, 1.54) is 4.90 Å². The minimum atomic E-state index is -1.24. The summed E-state index contributed by atoms with van der Waals surface area (Å²) in [6.07, 6.45) is 6.74. The molecule has 2 bridgehead atoms. The molecule has 1 aromatic rings. The highest BCUT2D eigenvalue weighted by atomic mass is 35.5. The number of fused-ring (bicyclic) bond motifs is 1. The van der Waals surface area contributed by atoms with Crippen LogP contribution in [0.5, 0.6) is 0 Å². The molecule has 0 aliphatic carbocycles. The van der Waals surface area contributed by atoms with Gasteiger partial charge in [0.1, 0.15) is 17.6 Å². The normalized spacial score (nSPS) is 30.4. The Kier molecular flexibility index (Phi) is 9.90. The van der Waals surface area contributed by atoms with Gasteiger partial charge >= 0.3 is 5.97 Å². The highest BCUT2D eigenvalue weighted by Crippen LogP contribution is 2.65. The second kappa shape index (κ2) is 12.9. The lowest BCUT2D eigenvalue weighted by molar-refractivity contribution is -0.162. The number of amides is 2. The third-order valence-corrected chi connectivity index (χ3v) is 9.60. The topological polar surface area (TPSA) is 96.4 Å². The number of benzene rings is 1. The second-order valence-corrected chi connectivity index (χ2v) is 13.0. The Morgan fingerprint density at radius 1 is 1.24 bits per heavy atom. The van der Waals surface area contributed by atoms with Gasteiger partial charge < -0.3 is 24.4 Å². The molecule has 8 nitrogen and oxygen atoms in total. The zero-order chi connectivity index (χ0) is 30.8. The van der Waals surface area contributed by atoms with E-state index in [0.29, 0.717) is 30.0 Å². The molecule has 7 atom stereocenters. The summed E-state index contributed by atoms with van der Waals surface area (Å²) in [5.41, 5.74) is -1.62. The number of hydrogen-bond donors (Lipinski definition) is 1. The van der Waals surface area contributed by atoms with Gasteiger partial charge in [-0.25, -0.2) is 0 Å². The van der Waals surface area contributed by atoms with E-state index in [2.05, 4.69) is 13.2 Å². The van der Waals surface area contributed by atoms with E-state index >= 15 is 0 Å². The molecule has 3 unspecified atom stereocenters. The number of hydrogen-bond acceptors (Lipinski definition) is 6. The molecular formula is C33H45ClN2O6. The number of esters is 1. The summed E-state index contributed by atoms with van der Waals surface area (Å²) in [7, 11) is 0. The summed E-state index contributed by atoms with van der Waals surface area (Å²) >= 11 is 6.14. The lowest BCUT2D eigenvalue weighted by Gasteiger charge is -2.40. The summed E-state index contributed by atoms with van der Waals surface area (Å²) in [5, 5.41) is 11.1. The van der Waals surface area contributed by atoms with Crippen molar-refractivity contribution in [2.45, 2.75) is 83.1 Å². The van der Waals surface area contributed by atoms with Gasteiger partial charge in [0.15, 0.2) is 0 Å². The van der Waals surface area contributed by atoms with Crippen LogP contribution in [0.3, 0.4) is 0 Å². The van der Waals surface area contributed by atoms with Gasteiger partial charge in [0.25, 0.3) is 5.91 Å². The first-order valence-corrected chi connectivity index (χ1v) is 15.4. The highest BCUT2D eigenvalue weighted by molar-refractivity contribution is 6.30. The number of aliphatic hydroxyl groups is 1. The third-order valence-electron chi connectivity index (χ3n) is 9.35. The number of unbranched alkanes of at least 4 members (excludes halogenated alkanes) is 2. The van der Waals surface area contributed by atoms with E-state index in [4.69, 9.17) is 21.1 Å². The van der Waals surface area contributed by atoms with Gasteiger partial charge in [-0.15, -0.1) is 13.2 Å². The number of likely N-dealkylation sites (tertiary alicyclic amines) is 1. The molecule has 3 fully saturated rings. The largest absolute Gasteiger partial charge is 0.465 e. The summed E-state index contributed by atoms with van der Waals surface area (Å²) in [6, 6.07) is 5.24. The Bertz CT molecular complexity index is 1190. The van der Waals surface area contributed by atoms with Gasteiger partial charge in [0.2, 0.25) is 5.91 Å². The molecule has 230 valence electrons. The molecule has 4 rings (SSSR count). The van der Waals surface area contributed by atoms with Crippen molar-refractivity contribution in [1.82, 2.24) is 4.90 Å². The lowest BCUT2D eigenvalue weighted by Crippen LogP contribution is -2.59. The van der Waals surface area contributed by atoms with Crippen LogP contribution in [0.15, 0.2) is 49.6 Å². The SMILES string of the molecule is C=CCCCCOC(=O)[C@@H]1[C@H]2C(=O)N([C@@H](CO)CC(C)C)C(C(=O)N(CC=C)c3ccc(Cl)cc3)C23CC(C)[C@@]1(C)O3. The number of aliphatic hydroxyl groups excluding tert-OH is 1. The van der Waals surface area contributed by atoms with Gasteiger partial charge in [-0.1, -0.05) is 44.5 Å². The first-order chi connectivity index (χ1) is 20.0. The van der Waals surface area contributed by atoms with Gasteiger partial charge in [-0.05, 0) is 75.1 Å². The number of ether oxygens (including phenoxy) is 2. The van der Waals surface area contributed by atoms with Crippen LogP contribution in [0.1, 0.15) is 59.8 Å². The fourth-order valence-electron chi connectivity index (χ4n) is 7.40. The molecule has 0 aromatic heterocycles. The molecule has 1 N–H and O–H groups in total. The van der Waals surface area contributed by atoms with E-state index in [0.717, 1.165) is 12.8 Å². The van der Waals surface area contributed by atoms with Crippen LogP contribution >= 0.6 is 11.6 Å². The van der Waals surface area contributed by atoms with Crippen LogP contribution in [-0.4, -0.2) is 70.8 Å². The Labute approximate surface area is 254 Å². The summed E-state index contributed by atoms with van der Waals surface area (Å²) in [4.78, 5) is 46.1. The van der Waals surface area contributed by atoms with Crippen LogP contribution in [0.25, 0.3) is 0 Å². The van der Waals surface area contributed by atoms with Crippen molar-refractivity contribution in [3.8, 4) is 0 Å². The maximum absolute atomic E-state index is 14.7. The van der Waals surface area contributed by atoms with E-state index < -0.39 is 41.1 Å². The molecule has 3 saturated heterocycles. The summed E-state index contributed by atoms with van der Waals surface area (Å²) in [6.45, 7) is 15.6. The average Bonchev–Trinajstić information content (AvgIpc) is 3.46. The molecule has 1 spiro atoms. The van der Waals surface area contributed by atoms with Gasteiger partial charge in [-0.3, -0.25) is 14.4 Å². The van der Waals surface area contributed by atoms with Crippen molar-refractivity contribution < 1.29 is 29.0 Å². The number of anilines is 1. The van der Waals surface area contributed by atoms with Crippen molar-refractivity contribution in [1.29, 1.82) is 0 Å². The molecule has 9 heteroatoms. The van der Waals surface area contributed by atoms with Crippen LogP contribution in [0.2, 0.25) is 5.02 Å². The predicted molar refractivity (Wildman–Crippen MR) is 163 cm³/mol. The number of nitrogens with zero attached hydrogens (tertiary/aromatic N) is 2.